The van der Waals surface area contributed by atoms with E-state index in [0.29, 0.717) is 42.8 Å². The molecule has 1 N–H and O–H groups in total. The van der Waals surface area contributed by atoms with E-state index < -0.39 is 6.10 Å². The number of amides is 1. The molecule has 0 spiro atoms. The second-order valence-electron chi connectivity index (χ2n) is 8.83. The lowest BCUT2D eigenvalue weighted by Gasteiger charge is -2.35. The monoisotopic (exact) mass is 427 g/mol. The summed E-state index contributed by atoms with van der Waals surface area (Å²) in [5, 5.41) is 15.3. The number of aliphatic hydroxyl groups is 1. The Kier molecular flexibility index (Phi) is 6.23. The summed E-state index contributed by atoms with van der Waals surface area (Å²) in [6.07, 6.45) is 1.45. The summed E-state index contributed by atoms with van der Waals surface area (Å²) in [5.41, 5.74) is 3.30. The highest BCUT2D eigenvalue weighted by molar-refractivity contribution is 5.76. The van der Waals surface area contributed by atoms with Crippen molar-refractivity contribution in [2.75, 3.05) is 20.2 Å². The van der Waals surface area contributed by atoms with Crippen molar-refractivity contribution >= 4 is 5.91 Å². The van der Waals surface area contributed by atoms with Crippen molar-refractivity contribution in [3.8, 4) is 11.5 Å². The Bertz CT molecular complexity index is 941. The molecule has 0 unspecified atom stereocenters. The van der Waals surface area contributed by atoms with E-state index in [9.17, 15) is 9.90 Å². The predicted octanol–water partition coefficient (Wildman–Crippen LogP) is 2.75. The van der Waals surface area contributed by atoms with Gasteiger partial charge in [0.25, 0.3) is 0 Å². The summed E-state index contributed by atoms with van der Waals surface area (Å²) >= 11 is 0. The molecule has 2 heterocycles. The molecule has 1 saturated carbocycles. The molecule has 1 aliphatic heterocycles. The maximum absolute atomic E-state index is 13.0. The number of aliphatic hydroxyl groups excluding tert-OH is 1. The molecular formula is C24H33N3O4. The van der Waals surface area contributed by atoms with Crippen LogP contribution >= 0.6 is 0 Å². The van der Waals surface area contributed by atoms with Crippen molar-refractivity contribution in [3.05, 3.63) is 41.2 Å². The van der Waals surface area contributed by atoms with Gasteiger partial charge < -0.3 is 19.5 Å². The van der Waals surface area contributed by atoms with E-state index in [4.69, 9.17) is 9.47 Å². The molecular weight excluding hydrogens is 394 g/mol. The third-order valence-electron chi connectivity index (χ3n) is 6.95. The molecule has 31 heavy (non-hydrogen) atoms. The van der Waals surface area contributed by atoms with Crippen LogP contribution in [0.3, 0.4) is 0 Å². The third-order valence-corrected chi connectivity index (χ3v) is 6.95. The number of para-hydroxylation sites is 2. The largest absolute Gasteiger partial charge is 0.493 e. The molecule has 2 aromatic rings. The van der Waals surface area contributed by atoms with Crippen LogP contribution in [0.4, 0.5) is 0 Å². The summed E-state index contributed by atoms with van der Waals surface area (Å²) in [5.74, 6) is 2.05. The topological polar surface area (TPSA) is 76.8 Å². The fraction of sp³-hybridized carbons (Fsp3) is 0.583. The van der Waals surface area contributed by atoms with Gasteiger partial charge in [0.1, 0.15) is 12.6 Å². The van der Waals surface area contributed by atoms with Crippen LogP contribution in [-0.4, -0.2) is 58.1 Å². The molecule has 1 aromatic carbocycles. The molecule has 2 fully saturated rings. The lowest BCUT2D eigenvalue weighted by Crippen LogP contribution is -2.42. The van der Waals surface area contributed by atoms with Crippen LogP contribution in [-0.2, 0) is 17.8 Å². The van der Waals surface area contributed by atoms with E-state index in [1.807, 2.05) is 47.7 Å². The van der Waals surface area contributed by atoms with Gasteiger partial charge in [0, 0.05) is 18.8 Å². The van der Waals surface area contributed by atoms with Crippen molar-refractivity contribution in [1.82, 2.24) is 14.7 Å². The van der Waals surface area contributed by atoms with Gasteiger partial charge in [-0.1, -0.05) is 19.1 Å². The number of methoxy groups -OCH3 is 1. The smallest absolute Gasteiger partial charge is 0.244 e. The number of aryl methyl sites for hydroxylation is 1. The van der Waals surface area contributed by atoms with E-state index in [-0.39, 0.29) is 18.6 Å². The van der Waals surface area contributed by atoms with Crippen LogP contribution in [0.15, 0.2) is 24.3 Å². The Hall–Kier alpha value is -2.54. The molecule has 1 saturated heterocycles. The van der Waals surface area contributed by atoms with E-state index in [1.54, 1.807) is 7.11 Å². The SMILES string of the molecule is CCc1c(C)nn(CC(=O)N2C[C@H]3C[C@@H](Oc4ccccc4OC)[C@H](O)C[C@H]3C2)c1C. The van der Waals surface area contributed by atoms with E-state index in [2.05, 4.69) is 12.0 Å². The van der Waals surface area contributed by atoms with Gasteiger partial charge in [-0.2, -0.15) is 5.10 Å². The van der Waals surface area contributed by atoms with E-state index in [1.165, 1.54) is 5.56 Å². The van der Waals surface area contributed by atoms with Crippen LogP contribution in [0, 0.1) is 25.7 Å². The minimum atomic E-state index is -0.552. The molecule has 7 heteroatoms. The number of aromatic nitrogens is 2. The van der Waals surface area contributed by atoms with Gasteiger partial charge in [-0.3, -0.25) is 9.48 Å². The van der Waals surface area contributed by atoms with Crippen LogP contribution < -0.4 is 9.47 Å². The summed E-state index contributed by atoms with van der Waals surface area (Å²) in [6.45, 7) is 7.83. The maximum Gasteiger partial charge on any atom is 0.244 e. The fourth-order valence-electron chi connectivity index (χ4n) is 5.23. The standard InChI is InChI=1S/C24H33N3O4/c1-5-19-15(2)25-27(16(19)3)14-24(29)26-12-17-10-20(28)23(11-18(17)13-26)31-22-9-7-6-8-21(22)30-4/h6-9,17-18,20,23,28H,5,10-14H2,1-4H3/t17-,18+,20+,23+/m0/s1. The minimum absolute atomic E-state index is 0.0966. The zero-order valence-electron chi connectivity index (χ0n) is 18.9. The van der Waals surface area contributed by atoms with Crippen LogP contribution in [0.2, 0.25) is 0 Å². The lowest BCUT2D eigenvalue weighted by molar-refractivity contribution is -0.131. The first-order chi connectivity index (χ1) is 14.9. The number of fused-ring (bicyclic) bond motifs is 1. The second-order valence-corrected chi connectivity index (χ2v) is 8.83. The molecule has 0 bridgehead atoms. The zero-order chi connectivity index (χ0) is 22.1. The number of likely N-dealkylation sites (tertiary alicyclic amines) is 1. The Balaban J connectivity index is 1.40. The Labute approximate surface area is 184 Å². The van der Waals surface area contributed by atoms with Gasteiger partial charge >= 0.3 is 0 Å². The Morgan fingerprint density at radius 1 is 1.16 bits per heavy atom. The summed E-state index contributed by atoms with van der Waals surface area (Å²) < 4.78 is 13.3. The number of hydrogen-bond donors (Lipinski definition) is 1. The highest BCUT2D eigenvalue weighted by Gasteiger charge is 2.44. The number of hydrogen-bond acceptors (Lipinski definition) is 5. The number of carbonyl (C=O) groups excluding carboxylic acids is 1. The molecule has 2 aliphatic rings. The van der Waals surface area contributed by atoms with Gasteiger partial charge in [0.05, 0.1) is 18.9 Å². The first-order valence-corrected chi connectivity index (χ1v) is 11.2. The van der Waals surface area contributed by atoms with Crippen LogP contribution in [0.5, 0.6) is 11.5 Å². The molecule has 1 aliphatic carbocycles. The number of benzene rings is 1. The van der Waals surface area contributed by atoms with E-state index >= 15 is 0 Å². The molecule has 168 valence electrons. The zero-order valence-corrected chi connectivity index (χ0v) is 18.9. The first kappa shape index (κ1) is 21.7. The average Bonchev–Trinajstić information content (AvgIpc) is 3.28. The number of nitrogens with zero attached hydrogens (tertiary/aromatic N) is 3. The Morgan fingerprint density at radius 3 is 2.48 bits per heavy atom. The van der Waals surface area contributed by atoms with Gasteiger partial charge in [0.2, 0.25) is 5.91 Å². The highest BCUT2D eigenvalue weighted by atomic mass is 16.5. The molecule has 4 atom stereocenters. The van der Waals surface area contributed by atoms with Gasteiger partial charge in [-0.05, 0) is 62.6 Å². The van der Waals surface area contributed by atoms with Crippen LogP contribution in [0.25, 0.3) is 0 Å². The second kappa shape index (κ2) is 8.91. The summed E-state index contributed by atoms with van der Waals surface area (Å²) in [6, 6.07) is 7.51. The number of carbonyl (C=O) groups is 1. The molecule has 1 amide bonds. The van der Waals surface area contributed by atoms with Crippen molar-refractivity contribution in [2.45, 2.75) is 58.8 Å². The van der Waals surface area contributed by atoms with Crippen molar-refractivity contribution in [2.24, 2.45) is 11.8 Å². The van der Waals surface area contributed by atoms with Crippen LogP contribution in [0.1, 0.15) is 36.7 Å². The van der Waals surface area contributed by atoms with Crippen molar-refractivity contribution in [1.29, 1.82) is 0 Å². The minimum Gasteiger partial charge on any atom is -0.493 e. The normalized spacial score (nSPS) is 25.4. The predicted molar refractivity (Wildman–Crippen MR) is 117 cm³/mol. The van der Waals surface area contributed by atoms with Gasteiger partial charge in [-0.25, -0.2) is 0 Å². The third kappa shape index (κ3) is 4.28. The summed E-state index contributed by atoms with van der Waals surface area (Å²) in [4.78, 5) is 15.0. The quantitative estimate of drug-likeness (QED) is 0.767. The summed E-state index contributed by atoms with van der Waals surface area (Å²) in [7, 11) is 1.61. The van der Waals surface area contributed by atoms with Gasteiger partial charge in [0.15, 0.2) is 11.5 Å². The highest BCUT2D eigenvalue weighted by Crippen LogP contribution is 2.39. The number of rotatable bonds is 6. The molecule has 0 radical (unpaired) electrons. The number of ether oxygens (including phenoxy) is 2. The average molecular weight is 428 g/mol. The molecule has 4 rings (SSSR count). The van der Waals surface area contributed by atoms with Crippen molar-refractivity contribution < 1.29 is 19.4 Å². The molecule has 7 nitrogen and oxygen atoms in total. The first-order valence-electron chi connectivity index (χ1n) is 11.2. The van der Waals surface area contributed by atoms with E-state index in [0.717, 1.165) is 24.2 Å². The fourth-order valence-corrected chi connectivity index (χ4v) is 5.23. The molecule has 1 aromatic heterocycles. The Morgan fingerprint density at radius 2 is 1.84 bits per heavy atom. The van der Waals surface area contributed by atoms with Gasteiger partial charge in [-0.15, -0.1) is 0 Å². The lowest BCUT2D eigenvalue weighted by atomic mass is 9.78. The van der Waals surface area contributed by atoms with Crippen molar-refractivity contribution in [3.63, 3.8) is 0 Å². The maximum atomic E-state index is 13.0.